The molecule has 1 amide bonds. The van der Waals surface area contributed by atoms with Crippen LogP contribution in [0, 0.1) is 0 Å². The average Bonchev–Trinajstić information content (AvgIpc) is 3.16. The summed E-state index contributed by atoms with van der Waals surface area (Å²) in [5.74, 6) is 1.56. The third kappa shape index (κ3) is 3.69. The molecular formula is C24H28N2O3. The van der Waals surface area contributed by atoms with Gasteiger partial charge < -0.3 is 19.7 Å². The molecule has 5 nitrogen and oxygen atoms in total. The maximum absolute atomic E-state index is 12.9. The standard InChI is InChI=1S/C24H28N2O3/c1-15(2)17-4-6-19(23(27)12-17)24(28)26-10-8-16(9-11-26)21-14-25-22-7-5-18(29-3)13-20(21)22/h4-7,12-16,25,27H,8-11H2,1-3H3. The number of nitrogens with one attached hydrogen (secondary N) is 1. The zero-order valence-corrected chi connectivity index (χ0v) is 17.2. The highest BCUT2D eigenvalue weighted by molar-refractivity contribution is 5.97. The van der Waals surface area contributed by atoms with Gasteiger partial charge in [-0.05, 0) is 66.1 Å². The Bertz CT molecular complexity index is 1030. The molecule has 0 unspecified atom stereocenters. The molecule has 2 heterocycles. The van der Waals surface area contributed by atoms with E-state index in [1.165, 1.54) is 10.9 Å². The quantitative estimate of drug-likeness (QED) is 0.655. The number of hydrogen-bond acceptors (Lipinski definition) is 3. The Morgan fingerprint density at radius 2 is 1.93 bits per heavy atom. The first-order valence-corrected chi connectivity index (χ1v) is 10.2. The fourth-order valence-corrected chi connectivity index (χ4v) is 4.24. The number of aromatic amines is 1. The Kier molecular flexibility index (Phi) is 5.22. The van der Waals surface area contributed by atoms with Crippen molar-refractivity contribution in [2.75, 3.05) is 20.2 Å². The topological polar surface area (TPSA) is 65.6 Å². The molecule has 2 aromatic carbocycles. The number of ether oxygens (including phenoxy) is 1. The maximum Gasteiger partial charge on any atom is 0.257 e. The van der Waals surface area contributed by atoms with Gasteiger partial charge in [-0.1, -0.05) is 19.9 Å². The highest BCUT2D eigenvalue weighted by Crippen LogP contribution is 2.35. The molecule has 3 aromatic rings. The highest BCUT2D eigenvalue weighted by Gasteiger charge is 2.27. The number of carbonyl (C=O) groups excluding carboxylic acids is 1. The van der Waals surface area contributed by atoms with Gasteiger partial charge in [0, 0.05) is 30.2 Å². The summed E-state index contributed by atoms with van der Waals surface area (Å²) in [4.78, 5) is 18.1. The molecule has 5 heteroatoms. The Hall–Kier alpha value is -2.95. The van der Waals surface area contributed by atoms with Crippen molar-refractivity contribution in [3.8, 4) is 11.5 Å². The highest BCUT2D eigenvalue weighted by atomic mass is 16.5. The largest absolute Gasteiger partial charge is 0.507 e. The summed E-state index contributed by atoms with van der Waals surface area (Å²) in [6, 6.07) is 11.5. The fraction of sp³-hybridized carbons (Fsp3) is 0.375. The van der Waals surface area contributed by atoms with Gasteiger partial charge in [0.05, 0.1) is 12.7 Å². The van der Waals surface area contributed by atoms with E-state index in [2.05, 4.69) is 31.1 Å². The number of aromatic nitrogens is 1. The Balaban J connectivity index is 1.48. The minimum absolute atomic E-state index is 0.0760. The van der Waals surface area contributed by atoms with Crippen LogP contribution in [0.25, 0.3) is 10.9 Å². The number of benzene rings is 2. The number of hydrogen-bond donors (Lipinski definition) is 2. The summed E-state index contributed by atoms with van der Waals surface area (Å²) in [5.41, 5.74) is 3.82. The molecule has 1 aliphatic heterocycles. The van der Waals surface area contributed by atoms with Gasteiger partial charge in [0.25, 0.3) is 5.91 Å². The predicted octanol–water partition coefficient (Wildman–Crippen LogP) is 5.03. The van der Waals surface area contributed by atoms with Gasteiger partial charge in [-0.25, -0.2) is 0 Å². The second kappa shape index (κ2) is 7.82. The van der Waals surface area contributed by atoms with Gasteiger partial charge in [0.15, 0.2) is 0 Å². The van der Waals surface area contributed by atoms with E-state index in [1.54, 1.807) is 19.2 Å². The molecule has 29 heavy (non-hydrogen) atoms. The molecular weight excluding hydrogens is 364 g/mol. The van der Waals surface area contributed by atoms with Gasteiger partial charge in [-0.3, -0.25) is 4.79 Å². The van der Waals surface area contributed by atoms with Gasteiger partial charge in [0.1, 0.15) is 11.5 Å². The molecule has 0 saturated carbocycles. The summed E-state index contributed by atoms with van der Waals surface area (Å²) in [5, 5.41) is 11.5. The number of likely N-dealkylation sites (tertiary alicyclic amines) is 1. The molecule has 1 fully saturated rings. The van der Waals surface area contributed by atoms with Crippen molar-refractivity contribution in [2.45, 2.75) is 38.5 Å². The van der Waals surface area contributed by atoms with Crippen molar-refractivity contribution < 1.29 is 14.6 Å². The second-order valence-electron chi connectivity index (χ2n) is 8.15. The number of amides is 1. The average molecular weight is 392 g/mol. The van der Waals surface area contributed by atoms with E-state index < -0.39 is 0 Å². The smallest absolute Gasteiger partial charge is 0.257 e. The number of H-pyrrole nitrogens is 1. The molecule has 2 N–H and O–H groups in total. The lowest BCUT2D eigenvalue weighted by Gasteiger charge is -2.32. The minimum Gasteiger partial charge on any atom is -0.507 e. The molecule has 152 valence electrons. The van der Waals surface area contributed by atoms with Crippen molar-refractivity contribution in [2.24, 2.45) is 0 Å². The minimum atomic E-state index is -0.0862. The third-order valence-electron chi connectivity index (χ3n) is 6.06. The van der Waals surface area contributed by atoms with Crippen LogP contribution in [0.1, 0.15) is 60.0 Å². The van der Waals surface area contributed by atoms with Crippen LogP contribution in [0.2, 0.25) is 0 Å². The number of methoxy groups -OCH3 is 1. The lowest BCUT2D eigenvalue weighted by molar-refractivity contribution is 0.0710. The summed E-state index contributed by atoms with van der Waals surface area (Å²) >= 11 is 0. The lowest BCUT2D eigenvalue weighted by Crippen LogP contribution is -2.37. The number of nitrogens with zero attached hydrogens (tertiary/aromatic N) is 1. The van der Waals surface area contributed by atoms with E-state index in [9.17, 15) is 9.90 Å². The molecule has 0 spiro atoms. The Labute approximate surface area is 171 Å². The van der Waals surface area contributed by atoms with Gasteiger partial charge >= 0.3 is 0 Å². The van der Waals surface area contributed by atoms with Gasteiger partial charge in [-0.2, -0.15) is 0 Å². The molecule has 0 radical (unpaired) electrons. The first kappa shape index (κ1) is 19.4. The summed E-state index contributed by atoms with van der Waals surface area (Å²) in [6.07, 6.45) is 3.89. The van der Waals surface area contributed by atoms with Crippen molar-refractivity contribution in [1.29, 1.82) is 0 Å². The van der Waals surface area contributed by atoms with E-state index in [0.717, 1.165) is 29.7 Å². The number of phenols is 1. The summed E-state index contributed by atoms with van der Waals surface area (Å²) in [7, 11) is 1.68. The molecule has 0 atom stereocenters. The van der Waals surface area contributed by atoms with Crippen molar-refractivity contribution in [3.05, 3.63) is 59.3 Å². The van der Waals surface area contributed by atoms with Crippen LogP contribution in [-0.2, 0) is 0 Å². The number of carbonyl (C=O) groups is 1. The first-order chi connectivity index (χ1) is 14.0. The number of rotatable bonds is 4. The molecule has 1 aromatic heterocycles. The van der Waals surface area contributed by atoms with E-state index in [0.29, 0.717) is 30.5 Å². The SMILES string of the molecule is COc1ccc2[nH]cc(C3CCN(C(=O)c4ccc(C(C)C)cc4O)CC3)c2c1. The molecule has 4 rings (SSSR count). The van der Waals surface area contributed by atoms with Crippen LogP contribution >= 0.6 is 0 Å². The first-order valence-electron chi connectivity index (χ1n) is 10.2. The third-order valence-corrected chi connectivity index (χ3v) is 6.06. The van der Waals surface area contributed by atoms with Crippen molar-refractivity contribution in [3.63, 3.8) is 0 Å². The van der Waals surface area contributed by atoms with E-state index in [4.69, 9.17) is 4.74 Å². The number of phenolic OH excluding ortho intramolecular Hbond substituents is 1. The molecule has 0 bridgehead atoms. The van der Waals surface area contributed by atoms with Crippen LogP contribution in [0.5, 0.6) is 11.5 Å². The van der Waals surface area contributed by atoms with E-state index >= 15 is 0 Å². The van der Waals surface area contributed by atoms with Crippen LogP contribution in [0.4, 0.5) is 0 Å². The predicted molar refractivity (Wildman–Crippen MR) is 115 cm³/mol. The van der Waals surface area contributed by atoms with Crippen molar-refractivity contribution in [1.82, 2.24) is 9.88 Å². The Morgan fingerprint density at radius 1 is 1.17 bits per heavy atom. The Morgan fingerprint density at radius 3 is 2.59 bits per heavy atom. The monoisotopic (exact) mass is 392 g/mol. The lowest BCUT2D eigenvalue weighted by atomic mass is 9.89. The van der Waals surface area contributed by atoms with Crippen LogP contribution in [-0.4, -0.2) is 41.1 Å². The van der Waals surface area contributed by atoms with Crippen LogP contribution in [0.3, 0.4) is 0 Å². The van der Waals surface area contributed by atoms with E-state index in [1.807, 2.05) is 23.1 Å². The summed E-state index contributed by atoms with van der Waals surface area (Å²) in [6.45, 7) is 5.51. The van der Waals surface area contributed by atoms with Crippen LogP contribution < -0.4 is 4.74 Å². The van der Waals surface area contributed by atoms with Gasteiger partial charge in [-0.15, -0.1) is 0 Å². The zero-order valence-electron chi connectivity index (χ0n) is 17.2. The molecule has 1 aliphatic rings. The summed E-state index contributed by atoms with van der Waals surface area (Å²) < 4.78 is 5.38. The van der Waals surface area contributed by atoms with E-state index in [-0.39, 0.29) is 11.7 Å². The van der Waals surface area contributed by atoms with Crippen molar-refractivity contribution >= 4 is 16.8 Å². The number of fused-ring (bicyclic) bond motifs is 1. The maximum atomic E-state index is 12.9. The normalized spacial score (nSPS) is 15.2. The second-order valence-corrected chi connectivity index (χ2v) is 8.15. The molecule has 0 aliphatic carbocycles. The van der Waals surface area contributed by atoms with Gasteiger partial charge in [0.2, 0.25) is 0 Å². The van der Waals surface area contributed by atoms with Crippen LogP contribution in [0.15, 0.2) is 42.6 Å². The fourth-order valence-electron chi connectivity index (χ4n) is 4.24. The zero-order chi connectivity index (χ0) is 20.5. The number of piperidine rings is 1. The number of aromatic hydroxyl groups is 1. The molecule has 1 saturated heterocycles.